The molecule has 1 aromatic carbocycles. The first-order valence-electron chi connectivity index (χ1n) is 5.62. The summed E-state index contributed by atoms with van der Waals surface area (Å²) < 4.78 is 23.8. The molecule has 0 saturated heterocycles. The summed E-state index contributed by atoms with van der Waals surface area (Å²) in [6.45, 7) is 1.99. The Balaban J connectivity index is 2.14. The molecule has 0 aliphatic heterocycles. The second-order valence-corrected chi connectivity index (χ2v) is 7.51. The van der Waals surface area contributed by atoms with Crippen LogP contribution in [-0.4, -0.2) is 46.4 Å². The van der Waals surface area contributed by atoms with Gasteiger partial charge in [0.1, 0.15) is 9.84 Å². The van der Waals surface area contributed by atoms with Crippen molar-refractivity contribution in [2.75, 3.05) is 17.8 Å². The molecule has 1 aromatic heterocycles. The SMILES string of the molecule is Cc1cccc(-n2nnnc2SCCS(C)(=O)=O)c1. The zero-order chi connectivity index (χ0) is 13.9. The van der Waals surface area contributed by atoms with E-state index in [9.17, 15) is 8.42 Å². The molecule has 0 unspecified atom stereocenters. The third-order valence-corrected chi connectivity index (χ3v) is 4.50. The lowest BCUT2D eigenvalue weighted by molar-refractivity contribution is 0.603. The van der Waals surface area contributed by atoms with Crippen molar-refractivity contribution >= 4 is 21.6 Å². The van der Waals surface area contributed by atoms with E-state index in [1.807, 2.05) is 31.2 Å². The lowest BCUT2D eigenvalue weighted by Crippen LogP contribution is -2.06. The largest absolute Gasteiger partial charge is 0.229 e. The molecule has 0 aliphatic carbocycles. The fourth-order valence-corrected chi connectivity index (χ4v) is 3.56. The van der Waals surface area contributed by atoms with Gasteiger partial charge in [0, 0.05) is 12.0 Å². The molecule has 0 saturated carbocycles. The van der Waals surface area contributed by atoms with Gasteiger partial charge in [-0.2, -0.15) is 4.68 Å². The van der Waals surface area contributed by atoms with Crippen LogP contribution >= 0.6 is 11.8 Å². The molecule has 8 heteroatoms. The van der Waals surface area contributed by atoms with Crippen LogP contribution in [0.2, 0.25) is 0 Å². The van der Waals surface area contributed by atoms with Gasteiger partial charge in [0.25, 0.3) is 0 Å². The van der Waals surface area contributed by atoms with Gasteiger partial charge in [-0.1, -0.05) is 23.9 Å². The summed E-state index contributed by atoms with van der Waals surface area (Å²) in [6.07, 6.45) is 1.22. The summed E-state index contributed by atoms with van der Waals surface area (Å²) in [6, 6.07) is 7.79. The molecule has 1 heterocycles. The molecule has 0 N–H and O–H groups in total. The molecule has 6 nitrogen and oxygen atoms in total. The fraction of sp³-hybridized carbons (Fsp3) is 0.364. The van der Waals surface area contributed by atoms with Crippen LogP contribution in [0.1, 0.15) is 5.56 Å². The predicted molar refractivity (Wildman–Crippen MR) is 74.3 cm³/mol. The van der Waals surface area contributed by atoms with Crippen LogP contribution in [0.5, 0.6) is 0 Å². The van der Waals surface area contributed by atoms with Gasteiger partial charge >= 0.3 is 0 Å². The topological polar surface area (TPSA) is 77.7 Å². The Kier molecular flexibility index (Phi) is 4.20. The molecule has 0 radical (unpaired) electrons. The van der Waals surface area contributed by atoms with E-state index in [1.54, 1.807) is 4.68 Å². The first kappa shape index (κ1) is 14.0. The molecule has 0 aliphatic rings. The average molecular weight is 298 g/mol. The summed E-state index contributed by atoms with van der Waals surface area (Å²) in [7, 11) is -2.96. The van der Waals surface area contributed by atoms with E-state index < -0.39 is 9.84 Å². The Morgan fingerprint density at radius 3 is 2.84 bits per heavy atom. The lowest BCUT2D eigenvalue weighted by Gasteiger charge is -2.04. The minimum absolute atomic E-state index is 0.109. The van der Waals surface area contributed by atoms with Crippen molar-refractivity contribution in [3.63, 3.8) is 0 Å². The van der Waals surface area contributed by atoms with Gasteiger partial charge in [0.2, 0.25) is 5.16 Å². The number of aromatic nitrogens is 4. The standard InChI is InChI=1S/C11H14N4O2S2/c1-9-4-3-5-10(8-9)15-11(12-13-14-15)18-6-7-19(2,16)17/h3-5,8H,6-7H2,1-2H3. The number of benzene rings is 1. The highest BCUT2D eigenvalue weighted by Gasteiger charge is 2.10. The third kappa shape index (κ3) is 4.03. The maximum atomic E-state index is 11.1. The van der Waals surface area contributed by atoms with E-state index in [0.717, 1.165) is 11.3 Å². The summed E-state index contributed by atoms with van der Waals surface area (Å²) >= 11 is 1.33. The highest BCUT2D eigenvalue weighted by molar-refractivity contribution is 8.00. The zero-order valence-corrected chi connectivity index (χ0v) is 12.3. The Labute approximate surface area is 116 Å². The molecule has 102 valence electrons. The van der Waals surface area contributed by atoms with Crippen LogP contribution < -0.4 is 0 Å². The predicted octanol–water partition coefficient (Wildman–Crippen LogP) is 1.11. The van der Waals surface area contributed by atoms with E-state index >= 15 is 0 Å². The van der Waals surface area contributed by atoms with E-state index in [-0.39, 0.29) is 5.75 Å². The number of nitrogens with zero attached hydrogens (tertiary/aromatic N) is 4. The van der Waals surface area contributed by atoms with Crippen LogP contribution in [0, 0.1) is 6.92 Å². The number of thioether (sulfide) groups is 1. The minimum Gasteiger partial charge on any atom is -0.229 e. The number of aryl methyl sites for hydroxylation is 1. The highest BCUT2D eigenvalue weighted by atomic mass is 32.2. The van der Waals surface area contributed by atoms with Gasteiger partial charge in [-0.15, -0.1) is 5.10 Å². The normalized spacial score (nSPS) is 11.7. The molecular formula is C11H14N4O2S2. The van der Waals surface area contributed by atoms with Gasteiger partial charge in [-0.05, 0) is 35.0 Å². The second kappa shape index (κ2) is 5.70. The molecule has 0 fully saturated rings. The highest BCUT2D eigenvalue weighted by Crippen LogP contribution is 2.18. The van der Waals surface area contributed by atoms with Gasteiger partial charge < -0.3 is 0 Å². The Morgan fingerprint density at radius 1 is 1.37 bits per heavy atom. The van der Waals surface area contributed by atoms with Crippen molar-refractivity contribution in [3.05, 3.63) is 29.8 Å². The fourth-order valence-electron chi connectivity index (χ4n) is 1.48. The monoisotopic (exact) mass is 298 g/mol. The van der Waals surface area contributed by atoms with Gasteiger partial charge in [-0.3, -0.25) is 0 Å². The third-order valence-electron chi connectivity index (χ3n) is 2.37. The van der Waals surface area contributed by atoms with Gasteiger partial charge in [0.05, 0.1) is 11.4 Å². The second-order valence-electron chi connectivity index (χ2n) is 4.19. The minimum atomic E-state index is -2.96. The van der Waals surface area contributed by atoms with Crippen LogP contribution in [0.15, 0.2) is 29.4 Å². The number of hydrogen-bond acceptors (Lipinski definition) is 6. The summed E-state index contributed by atoms with van der Waals surface area (Å²) in [4.78, 5) is 0. The number of hydrogen-bond donors (Lipinski definition) is 0. The molecule has 2 aromatic rings. The number of rotatable bonds is 5. The van der Waals surface area contributed by atoms with Crippen molar-refractivity contribution in [2.24, 2.45) is 0 Å². The van der Waals surface area contributed by atoms with Crippen LogP contribution in [0.3, 0.4) is 0 Å². The van der Waals surface area contributed by atoms with Gasteiger partial charge in [-0.25, -0.2) is 8.42 Å². The van der Waals surface area contributed by atoms with E-state index in [1.165, 1.54) is 18.0 Å². The van der Waals surface area contributed by atoms with E-state index in [4.69, 9.17) is 0 Å². The Hall–Kier alpha value is -1.41. The van der Waals surface area contributed by atoms with Crippen molar-refractivity contribution in [1.82, 2.24) is 20.2 Å². The van der Waals surface area contributed by atoms with Crippen molar-refractivity contribution in [2.45, 2.75) is 12.1 Å². The Bertz CT molecular complexity index is 667. The molecule has 19 heavy (non-hydrogen) atoms. The van der Waals surface area contributed by atoms with E-state index in [2.05, 4.69) is 15.5 Å². The van der Waals surface area contributed by atoms with Crippen molar-refractivity contribution in [1.29, 1.82) is 0 Å². The molecule has 0 amide bonds. The molecular weight excluding hydrogens is 284 g/mol. The molecule has 0 atom stereocenters. The summed E-state index contributed by atoms with van der Waals surface area (Å²) in [5, 5.41) is 12.1. The first-order chi connectivity index (χ1) is 8.96. The average Bonchev–Trinajstić information content (AvgIpc) is 2.75. The molecule has 2 rings (SSSR count). The smallest absolute Gasteiger partial charge is 0.214 e. The van der Waals surface area contributed by atoms with Crippen LogP contribution in [0.4, 0.5) is 0 Å². The summed E-state index contributed by atoms with van der Waals surface area (Å²) in [5.74, 6) is 0.545. The zero-order valence-electron chi connectivity index (χ0n) is 10.6. The van der Waals surface area contributed by atoms with Crippen molar-refractivity contribution < 1.29 is 8.42 Å². The number of tetrazole rings is 1. The molecule has 0 spiro atoms. The summed E-state index contributed by atoms with van der Waals surface area (Å²) in [5.41, 5.74) is 1.98. The van der Waals surface area contributed by atoms with E-state index in [0.29, 0.717) is 10.9 Å². The molecule has 0 bridgehead atoms. The van der Waals surface area contributed by atoms with Gasteiger partial charge in [0.15, 0.2) is 0 Å². The lowest BCUT2D eigenvalue weighted by atomic mass is 10.2. The first-order valence-corrected chi connectivity index (χ1v) is 8.66. The van der Waals surface area contributed by atoms with Crippen LogP contribution in [-0.2, 0) is 9.84 Å². The maximum Gasteiger partial charge on any atom is 0.214 e. The quantitative estimate of drug-likeness (QED) is 0.769. The Morgan fingerprint density at radius 2 is 2.16 bits per heavy atom. The maximum absolute atomic E-state index is 11.1. The van der Waals surface area contributed by atoms with Crippen molar-refractivity contribution in [3.8, 4) is 5.69 Å². The number of sulfone groups is 1. The van der Waals surface area contributed by atoms with Crippen LogP contribution in [0.25, 0.3) is 5.69 Å².